The molecular weight excluding hydrogens is 262 g/mol. The Morgan fingerprint density at radius 3 is 2.57 bits per heavy atom. The van der Waals surface area contributed by atoms with Gasteiger partial charge in [0.25, 0.3) is 0 Å². The highest BCUT2D eigenvalue weighted by molar-refractivity contribution is 5.33. The van der Waals surface area contributed by atoms with Gasteiger partial charge in [0.05, 0.1) is 6.10 Å². The summed E-state index contributed by atoms with van der Waals surface area (Å²) in [7, 11) is 2.20. The predicted molar refractivity (Wildman–Crippen MR) is 87.8 cm³/mol. The predicted octanol–water partition coefficient (Wildman–Crippen LogP) is 1.81. The van der Waals surface area contributed by atoms with E-state index in [1.807, 2.05) is 6.07 Å². The summed E-state index contributed by atoms with van der Waals surface area (Å²) >= 11 is 0. The molecule has 2 rings (SSSR count). The van der Waals surface area contributed by atoms with Crippen molar-refractivity contribution < 1.29 is 4.74 Å². The Balaban J connectivity index is 1.71. The average molecular weight is 291 g/mol. The van der Waals surface area contributed by atoms with E-state index < -0.39 is 0 Å². The lowest BCUT2D eigenvalue weighted by atomic mass is 10.2. The molecule has 1 aromatic carbocycles. The number of nitrogens with zero attached hydrogens (tertiary/aromatic N) is 2. The molecule has 21 heavy (non-hydrogen) atoms. The second kappa shape index (κ2) is 8.37. The topological polar surface area (TPSA) is 27.7 Å². The van der Waals surface area contributed by atoms with Gasteiger partial charge in [-0.15, -0.1) is 0 Å². The van der Waals surface area contributed by atoms with E-state index in [2.05, 4.69) is 54.2 Å². The molecule has 0 amide bonds. The van der Waals surface area contributed by atoms with Crippen molar-refractivity contribution in [2.24, 2.45) is 0 Å². The number of benzene rings is 1. The number of hydrogen-bond acceptors (Lipinski definition) is 4. The number of nitrogens with one attached hydrogen (secondary N) is 1. The van der Waals surface area contributed by atoms with Crippen molar-refractivity contribution in [3.05, 3.63) is 29.8 Å². The third kappa shape index (κ3) is 5.65. The van der Waals surface area contributed by atoms with Crippen LogP contribution in [0.5, 0.6) is 5.75 Å². The lowest BCUT2D eigenvalue weighted by Gasteiger charge is -2.32. The Labute approximate surface area is 129 Å². The first-order valence-electron chi connectivity index (χ1n) is 8.01. The van der Waals surface area contributed by atoms with E-state index in [1.165, 1.54) is 31.7 Å². The summed E-state index contributed by atoms with van der Waals surface area (Å²) in [5.41, 5.74) is 1.24. The largest absolute Gasteiger partial charge is 0.491 e. The molecule has 0 radical (unpaired) electrons. The zero-order chi connectivity index (χ0) is 15.1. The first-order chi connectivity index (χ1) is 10.1. The van der Waals surface area contributed by atoms with Crippen LogP contribution in [0, 0.1) is 0 Å². The molecule has 1 aromatic rings. The second-order valence-electron chi connectivity index (χ2n) is 6.10. The van der Waals surface area contributed by atoms with Gasteiger partial charge < -0.3 is 15.0 Å². The third-order valence-electron chi connectivity index (χ3n) is 3.85. The van der Waals surface area contributed by atoms with Crippen molar-refractivity contribution in [2.45, 2.75) is 26.5 Å². The van der Waals surface area contributed by atoms with Gasteiger partial charge in [-0.2, -0.15) is 0 Å². The maximum Gasteiger partial charge on any atom is 0.124 e. The molecular formula is C17H29N3O. The van der Waals surface area contributed by atoms with Crippen LogP contribution in [0.25, 0.3) is 0 Å². The number of hydrogen-bond donors (Lipinski definition) is 1. The van der Waals surface area contributed by atoms with Crippen LogP contribution in [-0.4, -0.2) is 62.2 Å². The van der Waals surface area contributed by atoms with Gasteiger partial charge in [0.1, 0.15) is 5.75 Å². The van der Waals surface area contributed by atoms with Crippen LogP contribution in [0.3, 0.4) is 0 Å². The maximum absolute atomic E-state index is 5.85. The maximum atomic E-state index is 5.85. The van der Waals surface area contributed by atoms with Gasteiger partial charge in [-0.3, -0.25) is 4.90 Å². The van der Waals surface area contributed by atoms with Gasteiger partial charge in [-0.25, -0.2) is 0 Å². The normalized spacial score (nSPS) is 17.3. The molecule has 4 heteroatoms. The van der Waals surface area contributed by atoms with Gasteiger partial charge in [0, 0.05) is 51.4 Å². The number of rotatable bonds is 7. The Hall–Kier alpha value is -1.10. The van der Waals surface area contributed by atoms with E-state index in [0.29, 0.717) is 0 Å². The number of likely N-dealkylation sites (N-methyl/N-ethyl adjacent to an activating group) is 1. The van der Waals surface area contributed by atoms with Crippen LogP contribution in [0.15, 0.2) is 24.3 Å². The van der Waals surface area contributed by atoms with Crippen molar-refractivity contribution in [2.75, 3.05) is 46.3 Å². The summed E-state index contributed by atoms with van der Waals surface area (Å²) in [4.78, 5) is 4.92. The summed E-state index contributed by atoms with van der Waals surface area (Å²) in [6.45, 7) is 11.9. The van der Waals surface area contributed by atoms with Crippen molar-refractivity contribution in [3.63, 3.8) is 0 Å². The van der Waals surface area contributed by atoms with Crippen molar-refractivity contribution in [1.29, 1.82) is 0 Å². The van der Waals surface area contributed by atoms with Gasteiger partial charge in [0.2, 0.25) is 0 Å². The third-order valence-corrected chi connectivity index (χ3v) is 3.85. The van der Waals surface area contributed by atoms with Gasteiger partial charge >= 0.3 is 0 Å². The molecule has 0 atom stereocenters. The van der Waals surface area contributed by atoms with E-state index >= 15 is 0 Å². The Kier molecular flexibility index (Phi) is 6.49. The number of piperazine rings is 1. The minimum Gasteiger partial charge on any atom is -0.491 e. The van der Waals surface area contributed by atoms with E-state index in [1.54, 1.807) is 0 Å². The first kappa shape index (κ1) is 16.3. The van der Waals surface area contributed by atoms with Crippen LogP contribution < -0.4 is 10.1 Å². The molecule has 0 unspecified atom stereocenters. The molecule has 0 saturated carbocycles. The smallest absolute Gasteiger partial charge is 0.124 e. The second-order valence-corrected chi connectivity index (χ2v) is 6.10. The molecule has 1 aliphatic rings. The molecule has 1 saturated heterocycles. The molecule has 1 N–H and O–H groups in total. The van der Waals surface area contributed by atoms with Gasteiger partial charge in [-0.05, 0) is 27.0 Å². The quantitative estimate of drug-likeness (QED) is 0.776. The molecule has 0 aromatic heterocycles. The van der Waals surface area contributed by atoms with E-state index in [-0.39, 0.29) is 6.10 Å². The molecule has 4 nitrogen and oxygen atoms in total. The Morgan fingerprint density at radius 1 is 1.14 bits per heavy atom. The van der Waals surface area contributed by atoms with Gasteiger partial charge in [-0.1, -0.05) is 18.2 Å². The standard InChI is InChI=1S/C17H29N3O/c1-15(2)21-17-7-5-4-6-16(17)14-18-8-9-20-12-10-19(3)11-13-20/h4-7,15,18H,8-14H2,1-3H3. The Bertz CT molecular complexity index is 414. The average Bonchev–Trinajstić information content (AvgIpc) is 2.46. The highest BCUT2D eigenvalue weighted by Crippen LogP contribution is 2.18. The van der Waals surface area contributed by atoms with Crippen molar-refractivity contribution >= 4 is 0 Å². The van der Waals surface area contributed by atoms with Crippen molar-refractivity contribution in [1.82, 2.24) is 15.1 Å². The molecule has 0 aliphatic carbocycles. The van der Waals surface area contributed by atoms with Gasteiger partial charge in [0.15, 0.2) is 0 Å². The summed E-state index contributed by atoms with van der Waals surface area (Å²) in [6.07, 6.45) is 0.219. The monoisotopic (exact) mass is 291 g/mol. The lowest BCUT2D eigenvalue weighted by Crippen LogP contribution is -2.46. The number of para-hydroxylation sites is 1. The summed E-state index contributed by atoms with van der Waals surface area (Å²) in [5.74, 6) is 1.000. The fraction of sp³-hybridized carbons (Fsp3) is 0.647. The van der Waals surface area contributed by atoms with E-state index in [4.69, 9.17) is 4.74 Å². The SMILES string of the molecule is CC(C)Oc1ccccc1CNCCN1CCN(C)CC1. The minimum atomic E-state index is 0.219. The highest BCUT2D eigenvalue weighted by atomic mass is 16.5. The molecule has 1 heterocycles. The summed E-state index contributed by atoms with van der Waals surface area (Å²) in [6, 6.07) is 8.30. The molecule has 1 aliphatic heterocycles. The molecule has 118 valence electrons. The summed E-state index contributed by atoms with van der Waals surface area (Å²) in [5, 5.41) is 3.54. The fourth-order valence-electron chi connectivity index (χ4n) is 2.55. The van der Waals surface area contributed by atoms with Crippen LogP contribution in [-0.2, 0) is 6.54 Å². The molecule has 0 spiro atoms. The highest BCUT2D eigenvalue weighted by Gasteiger charge is 2.12. The molecule has 1 fully saturated rings. The van der Waals surface area contributed by atoms with Crippen LogP contribution in [0.1, 0.15) is 19.4 Å². The van der Waals surface area contributed by atoms with Crippen LogP contribution in [0.4, 0.5) is 0 Å². The van der Waals surface area contributed by atoms with E-state index in [0.717, 1.165) is 25.4 Å². The summed E-state index contributed by atoms with van der Waals surface area (Å²) < 4.78 is 5.85. The zero-order valence-corrected chi connectivity index (χ0v) is 13.6. The Morgan fingerprint density at radius 2 is 1.86 bits per heavy atom. The lowest BCUT2D eigenvalue weighted by molar-refractivity contribution is 0.154. The molecule has 0 bridgehead atoms. The minimum absolute atomic E-state index is 0.219. The number of ether oxygens (including phenoxy) is 1. The zero-order valence-electron chi connectivity index (χ0n) is 13.6. The van der Waals surface area contributed by atoms with Crippen LogP contribution in [0.2, 0.25) is 0 Å². The van der Waals surface area contributed by atoms with E-state index in [9.17, 15) is 0 Å². The first-order valence-corrected chi connectivity index (χ1v) is 8.01. The van der Waals surface area contributed by atoms with Crippen LogP contribution >= 0.6 is 0 Å². The van der Waals surface area contributed by atoms with Crippen molar-refractivity contribution in [3.8, 4) is 5.75 Å². The fourth-order valence-corrected chi connectivity index (χ4v) is 2.55.